The van der Waals surface area contributed by atoms with E-state index in [1.807, 2.05) is 71.6 Å². The zero-order chi connectivity index (χ0) is 21.9. The van der Waals surface area contributed by atoms with Gasteiger partial charge in [0.25, 0.3) is 0 Å². The van der Waals surface area contributed by atoms with E-state index in [1.54, 1.807) is 4.57 Å². The van der Waals surface area contributed by atoms with Gasteiger partial charge in [0.15, 0.2) is 0 Å². The maximum Gasteiger partial charge on any atom is 0.332 e. The van der Waals surface area contributed by atoms with Gasteiger partial charge in [0, 0.05) is 50.7 Å². The normalized spacial score (nSPS) is 22.7. The highest BCUT2D eigenvalue weighted by Gasteiger charge is 2.29. The molecule has 5 rings (SSSR count). The lowest BCUT2D eigenvalue weighted by Gasteiger charge is -2.41. The molecule has 6 heteroatoms. The van der Waals surface area contributed by atoms with Crippen molar-refractivity contribution in [2.75, 3.05) is 33.2 Å². The fourth-order valence-corrected chi connectivity index (χ4v) is 5.05. The fraction of sp³-hybridized carbons (Fsp3) is 0.423. The molecule has 2 aliphatic rings. The number of hydrogen-bond donors (Lipinski definition) is 0. The van der Waals surface area contributed by atoms with Gasteiger partial charge in [-0.2, -0.15) is 0 Å². The number of aromatic nitrogens is 2. The molecule has 0 N–H and O–H groups in total. The molecule has 2 fully saturated rings. The Morgan fingerprint density at radius 1 is 0.750 bits per heavy atom. The Morgan fingerprint density at radius 3 is 2.06 bits per heavy atom. The van der Waals surface area contributed by atoms with Crippen LogP contribution in [0.5, 0.6) is 11.5 Å². The van der Waals surface area contributed by atoms with E-state index in [2.05, 4.69) is 16.8 Å². The SMILES string of the molecule is CN1CCN(C2CCC(n3ccn(-c4ccc(Oc5ccccc5)cc4)c3=O)CC2)CC1. The van der Waals surface area contributed by atoms with Gasteiger partial charge in [-0.3, -0.25) is 14.0 Å². The van der Waals surface area contributed by atoms with E-state index >= 15 is 0 Å². The molecule has 168 valence electrons. The van der Waals surface area contributed by atoms with E-state index in [4.69, 9.17) is 4.74 Å². The molecule has 6 nitrogen and oxygen atoms in total. The Labute approximate surface area is 189 Å². The molecule has 2 aromatic carbocycles. The molecule has 1 aliphatic carbocycles. The number of rotatable bonds is 5. The zero-order valence-electron chi connectivity index (χ0n) is 18.8. The predicted molar refractivity (Wildman–Crippen MR) is 127 cm³/mol. The number of ether oxygens (including phenoxy) is 1. The van der Waals surface area contributed by atoms with Crippen molar-refractivity contribution in [3.63, 3.8) is 0 Å². The second kappa shape index (κ2) is 9.35. The molecule has 2 heterocycles. The van der Waals surface area contributed by atoms with Crippen molar-refractivity contribution in [2.24, 2.45) is 0 Å². The number of benzene rings is 2. The van der Waals surface area contributed by atoms with Gasteiger partial charge in [0.1, 0.15) is 11.5 Å². The van der Waals surface area contributed by atoms with Crippen molar-refractivity contribution < 1.29 is 4.74 Å². The van der Waals surface area contributed by atoms with Crippen LogP contribution in [0, 0.1) is 0 Å². The van der Waals surface area contributed by atoms with Gasteiger partial charge in [-0.25, -0.2) is 4.79 Å². The molecule has 1 saturated carbocycles. The second-order valence-corrected chi connectivity index (χ2v) is 9.07. The first kappa shape index (κ1) is 21.0. The van der Waals surface area contributed by atoms with Crippen LogP contribution in [0.2, 0.25) is 0 Å². The number of imidazole rings is 1. The molecule has 32 heavy (non-hydrogen) atoms. The third-order valence-electron chi connectivity index (χ3n) is 7.01. The number of nitrogens with zero attached hydrogens (tertiary/aromatic N) is 4. The summed E-state index contributed by atoms with van der Waals surface area (Å²) in [6, 6.07) is 18.4. The number of hydrogen-bond acceptors (Lipinski definition) is 4. The average molecular weight is 433 g/mol. The van der Waals surface area contributed by atoms with Gasteiger partial charge in [0.05, 0.1) is 5.69 Å². The summed E-state index contributed by atoms with van der Waals surface area (Å²) < 4.78 is 9.54. The highest BCUT2D eigenvalue weighted by atomic mass is 16.5. The van der Waals surface area contributed by atoms with Crippen LogP contribution < -0.4 is 10.4 Å². The van der Waals surface area contributed by atoms with E-state index < -0.39 is 0 Å². The average Bonchev–Trinajstić information content (AvgIpc) is 3.22. The molecule has 0 bridgehead atoms. The summed E-state index contributed by atoms with van der Waals surface area (Å²) in [5.74, 6) is 1.56. The maximum atomic E-state index is 13.1. The maximum absolute atomic E-state index is 13.1. The summed E-state index contributed by atoms with van der Waals surface area (Å²) in [6.45, 7) is 4.67. The molecule has 1 saturated heterocycles. The summed E-state index contributed by atoms with van der Waals surface area (Å²) in [6.07, 6.45) is 8.35. The highest BCUT2D eigenvalue weighted by Crippen LogP contribution is 2.31. The van der Waals surface area contributed by atoms with Crippen molar-refractivity contribution in [2.45, 2.75) is 37.8 Å². The van der Waals surface area contributed by atoms with E-state index in [-0.39, 0.29) is 5.69 Å². The van der Waals surface area contributed by atoms with Crippen LogP contribution in [0.25, 0.3) is 5.69 Å². The summed E-state index contributed by atoms with van der Waals surface area (Å²) in [7, 11) is 2.20. The quantitative estimate of drug-likeness (QED) is 0.607. The summed E-state index contributed by atoms with van der Waals surface area (Å²) in [5, 5.41) is 0. The highest BCUT2D eigenvalue weighted by molar-refractivity contribution is 5.39. The lowest BCUT2D eigenvalue weighted by atomic mass is 9.89. The predicted octanol–water partition coefficient (Wildman–Crippen LogP) is 4.16. The van der Waals surface area contributed by atoms with Crippen LogP contribution in [0.4, 0.5) is 0 Å². The molecule has 0 unspecified atom stereocenters. The first-order chi connectivity index (χ1) is 15.7. The largest absolute Gasteiger partial charge is 0.457 e. The lowest BCUT2D eigenvalue weighted by molar-refractivity contribution is 0.0820. The summed E-state index contributed by atoms with van der Waals surface area (Å²) >= 11 is 0. The minimum atomic E-state index is 0.0461. The monoisotopic (exact) mass is 432 g/mol. The molecule has 1 aromatic heterocycles. The molecule has 3 aromatic rings. The fourth-order valence-electron chi connectivity index (χ4n) is 5.05. The number of likely N-dealkylation sites (N-methyl/N-ethyl adjacent to an activating group) is 1. The Balaban J connectivity index is 1.23. The first-order valence-electron chi connectivity index (χ1n) is 11.7. The van der Waals surface area contributed by atoms with Gasteiger partial charge in [0.2, 0.25) is 0 Å². The number of para-hydroxylation sites is 1. The Kier molecular flexibility index (Phi) is 6.14. The van der Waals surface area contributed by atoms with E-state index in [1.165, 1.54) is 25.9 Å². The van der Waals surface area contributed by atoms with Crippen molar-refractivity contribution in [3.8, 4) is 17.2 Å². The minimum absolute atomic E-state index is 0.0461. The van der Waals surface area contributed by atoms with E-state index in [0.29, 0.717) is 12.1 Å². The second-order valence-electron chi connectivity index (χ2n) is 9.07. The van der Waals surface area contributed by atoms with Crippen LogP contribution >= 0.6 is 0 Å². The van der Waals surface area contributed by atoms with Gasteiger partial charge < -0.3 is 9.64 Å². The molecular formula is C26H32N4O2. The van der Waals surface area contributed by atoms with Crippen LogP contribution in [0.3, 0.4) is 0 Å². The standard InChI is InChI=1S/C26H32N4O2/c1-27-15-17-28(18-16-27)21-7-9-22(10-8-21)29-19-20-30(26(29)31)23-11-13-25(14-12-23)32-24-5-3-2-4-6-24/h2-6,11-14,19-22H,7-10,15-18H2,1H3. The zero-order valence-corrected chi connectivity index (χ0v) is 18.8. The molecule has 0 radical (unpaired) electrons. The van der Waals surface area contributed by atoms with Crippen LogP contribution in [0.15, 0.2) is 71.8 Å². The van der Waals surface area contributed by atoms with Crippen molar-refractivity contribution >= 4 is 0 Å². The van der Waals surface area contributed by atoms with Gasteiger partial charge in [-0.05, 0) is 69.1 Å². The topological polar surface area (TPSA) is 42.6 Å². The van der Waals surface area contributed by atoms with Crippen LogP contribution in [-0.2, 0) is 0 Å². The smallest absolute Gasteiger partial charge is 0.332 e. The minimum Gasteiger partial charge on any atom is -0.457 e. The third-order valence-corrected chi connectivity index (χ3v) is 7.01. The lowest BCUT2D eigenvalue weighted by Crippen LogP contribution is -2.50. The van der Waals surface area contributed by atoms with E-state index in [0.717, 1.165) is 43.1 Å². The summed E-state index contributed by atoms with van der Waals surface area (Å²) in [4.78, 5) is 18.2. The van der Waals surface area contributed by atoms with Crippen molar-refractivity contribution in [1.29, 1.82) is 0 Å². The number of piperazine rings is 1. The Bertz CT molecular complexity index is 1060. The van der Waals surface area contributed by atoms with Crippen LogP contribution in [-0.4, -0.2) is 58.2 Å². The van der Waals surface area contributed by atoms with Gasteiger partial charge >= 0.3 is 5.69 Å². The molecule has 0 spiro atoms. The molecular weight excluding hydrogens is 400 g/mol. The molecule has 1 aliphatic heterocycles. The van der Waals surface area contributed by atoms with Gasteiger partial charge in [-0.15, -0.1) is 0 Å². The van der Waals surface area contributed by atoms with Crippen LogP contribution in [0.1, 0.15) is 31.7 Å². The molecule has 0 amide bonds. The first-order valence-corrected chi connectivity index (χ1v) is 11.7. The van der Waals surface area contributed by atoms with Crippen molar-refractivity contribution in [3.05, 3.63) is 77.5 Å². The van der Waals surface area contributed by atoms with Crippen molar-refractivity contribution in [1.82, 2.24) is 18.9 Å². The van der Waals surface area contributed by atoms with Gasteiger partial charge in [-0.1, -0.05) is 18.2 Å². The summed E-state index contributed by atoms with van der Waals surface area (Å²) in [5.41, 5.74) is 0.907. The van der Waals surface area contributed by atoms with E-state index in [9.17, 15) is 4.79 Å². The third kappa shape index (κ3) is 4.52. The Hall–Kier alpha value is -2.83. The Morgan fingerprint density at radius 2 is 1.38 bits per heavy atom. The molecule has 0 atom stereocenters.